The van der Waals surface area contributed by atoms with E-state index in [2.05, 4.69) is 10.3 Å². The number of fused-ring (bicyclic) bond motifs is 1. The lowest BCUT2D eigenvalue weighted by atomic mass is 9.85. The molecule has 1 amide bonds. The van der Waals surface area contributed by atoms with Crippen molar-refractivity contribution in [1.82, 2.24) is 5.32 Å². The average molecular weight is 366 g/mol. The number of carbonyl (C=O) groups excluding carboxylic acids is 2. The highest BCUT2D eigenvalue weighted by Gasteiger charge is 2.36. The van der Waals surface area contributed by atoms with Crippen LogP contribution in [0.25, 0.3) is 0 Å². The number of aliphatic imine (C=N–C) groups is 1. The monoisotopic (exact) mass is 366 g/mol. The number of hydrogen-bond donors (Lipinski definition) is 1. The zero-order valence-corrected chi connectivity index (χ0v) is 15.6. The average Bonchev–Trinajstić information content (AvgIpc) is 2.67. The van der Waals surface area contributed by atoms with Gasteiger partial charge in [0, 0.05) is 12.2 Å². The van der Waals surface area contributed by atoms with E-state index in [4.69, 9.17) is 9.47 Å². The molecule has 6 nitrogen and oxygen atoms in total. The topological polar surface area (TPSA) is 77.0 Å². The molecule has 1 unspecified atom stereocenters. The lowest BCUT2D eigenvalue weighted by Gasteiger charge is -2.28. The molecule has 0 bridgehead atoms. The molecule has 0 aromatic heterocycles. The molecule has 2 aliphatic rings. The Morgan fingerprint density at radius 1 is 1.26 bits per heavy atom. The van der Waals surface area contributed by atoms with Crippen LogP contribution in [0.5, 0.6) is 5.75 Å². The zero-order valence-electron chi connectivity index (χ0n) is 15.6. The van der Waals surface area contributed by atoms with Crippen LogP contribution < -0.4 is 10.1 Å². The fourth-order valence-corrected chi connectivity index (χ4v) is 3.10. The van der Waals surface area contributed by atoms with Crippen LogP contribution in [0.1, 0.15) is 19.4 Å². The first kappa shape index (κ1) is 18.6. The minimum absolute atomic E-state index is 0.0292. The van der Waals surface area contributed by atoms with Gasteiger partial charge in [-0.05, 0) is 37.1 Å². The first-order valence-electron chi connectivity index (χ1n) is 8.81. The zero-order chi connectivity index (χ0) is 19.4. The Hall–Kier alpha value is -3.15. The maximum atomic E-state index is 12.6. The van der Waals surface area contributed by atoms with E-state index in [1.807, 2.05) is 49.4 Å². The van der Waals surface area contributed by atoms with Gasteiger partial charge in [-0.3, -0.25) is 4.79 Å². The van der Waals surface area contributed by atoms with Gasteiger partial charge in [0.25, 0.3) is 5.91 Å². The van der Waals surface area contributed by atoms with E-state index < -0.39 is 11.9 Å². The number of allylic oxidation sites excluding steroid dienone is 4. The van der Waals surface area contributed by atoms with Crippen LogP contribution in [0.15, 0.2) is 64.3 Å². The SMILES string of the molecule is CCOC(=O)C1=C(NCc2ccc(OC)cc2)C2C=CC=C(C)C2=NC1=O. The molecule has 0 radical (unpaired) electrons. The summed E-state index contributed by atoms with van der Waals surface area (Å²) in [4.78, 5) is 29.1. The molecule has 1 aromatic rings. The Bertz CT molecular complexity index is 876. The van der Waals surface area contributed by atoms with Gasteiger partial charge in [-0.25, -0.2) is 9.79 Å². The van der Waals surface area contributed by atoms with Gasteiger partial charge in [0.05, 0.1) is 25.3 Å². The van der Waals surface area contributed by atoms with Crippen LogP contribution in [0.4, 0.5) is 0 Å². The molecule has 0 spiro atoms. The van der Waals surface area contributed by atoms with Gasteiger partial charge >= 0.3 is 5.97 Å². The second kappa shape index (κ2) is 8.03. The molecule has 1 aromatic carbocycles. The predicted octanol–water partition coefficient (Wildman–Crippen LogP) is 2.72. The van der Waals surface area contributed by atoms with Crippen molar-refractivity contribution in [3.8, 4) is 5.75 Å². The number of benzene rings is 1. The Morgan fingerprint density at radius 2 is 2.00 bits per heavy atom. The maximum Gasteiger partial charge on any atom is 0.345 e. The minimum Gasteiger partial charge on any atom is -0.497 e. The first-order chi connectivity index (χ1) is 13.0. The van der Waals surface area contributed by atoms with Gasteiger partial charge in [0.2, 0.25) is 0 Å². The smallest absolute Gasteiger partial charge is 0.345 e. The third-order valence-electron chi connectivity index (χ3n) is 4.49. The molecule has 0 fully saturated rings. The van der Waals surface area contributed by atoms with Crippen molar-refractivity contribution in [2.45, 2.75) is 20.4 Å². The van der Waals surface area contributed by atoms with E-state index in [9.17, 15) is 9.59 Å². The van der Waals surface area contributed by atoms with Crippen LogP contribution >= 0.6 is 0 Å². The Balaban J connectivity index is 1.92. The molecule has 0 saturated heterocycles. The minimum atomic E-state index is -0.650. The van der Waals surface area contributed by atoms with E-state index >= 15 is 0 Å². The van der Waals surface area contributed by atoms with Crippen LogP contribution in [-0.4, -0.2) is 31.3 Å². The summed E-state index contributed by atoms with van der Waals surface area (Å²) in [5.74, 6) is -0.725. The van der Waals surface area contributed by atoms with E-state index in [-0.39, 0.29) is 18.1 Å². The lowest BCUT2D eigenvalue weighted by Crippen LogP contribution is -2.36. The summed E-state index contributed by atoms with van der Waals surface area (Å²) >= 11 is 0. The number of rotatable bonds is 6. The fraction of sp³-hybridized carbons (Fsp3) is 0.286. The lowest BCUT2D eigenvalue weighted by molar-refractivity contribution is -0.140. The summed E-state index contributed by atoms with van der Waals surface area (Å²) in [6.45, 7) is 4.25. The van der Waals surface area contributed by atoms with Crippen LogP contribution in [-0.2, 0) is 20.9 Å². The maximum absolute atomic E-state index is 12.6. The third kappa shape index (κ3) is 3.84. The van der Waals surface area contributed by atoms with Gasteiger partial charge in [0.1, 0.15) is 11.3 Å². The molecule has 1 heterocycles. The van der Waals surface area contributed by atoms with Crippen molar-refractivity contribution in [2.75, 3.05) is 13.7 Å². The number of nitrogens with zero attached hydrogens (tertiary/aromatic N) is 1. The van der Waals surface area contributed by atoms with Crippen molar-refractivity contribution in [3.63, 3.8) is 0 Å². The molecule has 6 heteroatoms. The van der Waals surface area contributed by atoms with E-state index in [1.54, 1.807) is 14.0 Å². The largest absolute Gasteiger partial charge is 0.497 e. The fourth-order valence-electron chi connectivity index (χ4n) is 3.10. The summed E-state index contributed by atoms with van der Waals surface area (Å²) in [6, 6.07) is 7.59. The number of nitrogens with one attached hydrogen (secondary N) is 1. The Kier molecular flexibility index (Phi) is 5.54. The Labute approximate surface area is 158 Å². The Morgan fingerprint density at radius 3 is 2.67 bits per heavy atom. The highest BCUT2D eigenvalue weighted by atomic mass is 16.5. The highest BCUT2D eigenvalue weighted by Crippen LogP contribution is 2.29. The molecular weight excluding hydrogens is 344 g/mol. The number of carbonyl (C=O) groups is 2. The first-order valence-corrected chi connectivity index (χ1v) is 8.81. The quantitative estimate of drug-likeness (QED) is 0.619. The van der Waals surface area contributed by atoms with Gasteiger partial charge < -0.3 is 14.8 Å². The van der Waals surface area contributed by atoms with Crippen molar-refractivity contribution in [3.05, 3.63) is 64.9 Å². The second-order valence-corrected chi connectivity index (χ2v) is 6.23. The molecular formula is C21H22N2O4. The van der Waals surface area contributed by atoms with Gasteiger partial charge in [-0.2, -0.15) is 0 Å². The van der Waals surface area contributed by atoms with E-state index in [0.717, 1.165) is 16.9 Å². The number of methoxy groups -OCH3 is 1. The normalized spacial score (nSPS) is 18.5. The van der Waals surface area contributed by atoms with Crippen molar-refractivity contribution < 1.29 is 19.1 Å². The number of esters is 1. The molecule has 0 saturated carbocycles. The second-order valence-electron chi connectivity index (χ2n) is 6.23. The standard InChI is InChI=1S/C21H22N2O4/c1-4-27-21(25)17-19(22-12-14-8-10-15(26-3)11-9-14)16-7-5-6-13(2)18(16)23-20(17)24/h5-11,16,22H,4,12H2,1-3H3. The summed E-state index contributed by atoms with van der Waals surface area (Å²) < 4.78 is 10.3. The van der Waals surface area contributed by atoms with E-state index in [0.29, 0.717) is 18.0 Å². The predicted molar refractivity (Wildman–Crippen MR) is 102 cm³/mol. The van der Waals surface area contributed by atoms with Gasteiger partial charge in [-0.1, -0.05) is 30.4 Å². The molecule has 3 rings (SSSR count). The summed E-state index contributed by atoms with van der Waals surface area (Å²) in [5, 5.41) is 3.27. The summed E-state index contributed by atoms with van der Waals surface area (Å²) in [6.07, 6.45) is 5.74. The molecule has 1 aliphatic heterocycles. The summed E-state index contributed by atoms with van der Waals surface area (Å²) in [7, 11) is 1.61. The molecule has 1 atom stereocenters. The summed E-state index contributed by atoms with van der Waals surface area (Å²) in [5.41, 5.74) is 3.06. The molecule has 140 valence electrons. The number of hydrogen-bond acceptors (Lipinski definition) is 5. The third-order valence-corrected chi connectivity index (χ3v) is 4.49. The van der Waals surface area contributed by atoms with Crippen LogP contribution in [0.2, 0.25) is 0 Å². The van der Waals surface area contributed by atoms with Crippen LogP contribution in [0, 0.1) is 5.92 Å². The molecule has 1 N–H and O–H groups in total. The number of amides is 1. The highest BCUT2D eigenvalue weighted by molar-refractivity contribution is 6.25. The molecule has 27 heavy (non-hydrogen) atoms. The van der Waals surface area contributed by atoms with Crippen LogP contribution in [0.3, 0.4) is 0 Å². The van der Waals surface area contributed by atoms with E-state index in [1.165, 1.54) is 0 Å². The number of ether oxygens (including phenoxy) is 2. The van der Waals surface area contributed by atoms with Gasteiger partial charge in [-0.15, -0.1) is 0 Å². The van der Waals surface area contributed by atoms with Crippen molar-refractivity contribution >= 4 is 17.6 Å². The number of dihydropyridines is 1. The van der Waals surface area contributed by atoms with Crippen molar-refractivity contribution in [2.24, 2.45) is 10.9 Å². The van der Waals surface area contributed by atoms with Crippen molar-refractivity contribution in [1.29, 1.82) is 0 Å². The van der Waals surface area contributed by atoms with Gasteiger partial charge in [0.15, 0.2) is 0 Å². The molecule has 1 aliphatic carbocycles.